The van der Waals surface area contributed by atoms with Crippen molar-refractivity contribution in [3.8, 4) is 0 Å². The molecule has 0 bridgehead atoms. The summed E-state index contributed by atoms with van der Waals surface area (Å²) in [5.41, 5.74) is 5.20. The molecular weight excluding hydrogens is 246 g/mol. The van der Waals surface area contributed by atoms with Crippen LogP contribution in [0.15, 0.2) is 18.2 Å². The number of anilines is 1. The highest BCUT2D eigenvalue weighted by molar-refractivity contribution is 5.98. The van der Waals surface area contributed by atoms with Crippen LogP contribution in [-0.4, -0.2) is 30.1 Å². The molecule has 0 aliphatic rings. The summed E-state index contributed by atoms with van der Waals surface area (Å²) in [6, 6.07) is 1.42. The zero-order valence-electron chi connectivity index (χ0n) is 9.56. The topological polar surface area (TPSA) is 83.6 Å². The fraction of sp³-hybridized carbons (Fsp3) is 0.273. The second-order valence-corrected chi connectivity index (χ2v) is 3.70. The fourth-order valence-electron chi connectivity index (χ4n) is 1.40. The third-order valence-electron chi connectivity index (χ3n) is 2.31. The maximum absolute atomic E-state index is 13.4. The lowest BCUT2D eigenvalue weighted by Gasteiger charge is -2.21. The number of halogens is 2. The number of nitrogens with two attached hydrogens (primary N) is 1. The van der Waals surface area contributed by atoms with E-state index in [1.807, 2.05) is 0 Å². The average Bonchev–Trinajstić information content (AvgIpc) is 2.26. The number of carboxylic acid groups (broad SMARTS) is 1. The van der Waals surface area contributed by atoms with Crippen molar-refractivity contribution in [2.45, 2.75) is 12.5 Å². The Bertz CT molecular complexity index is 479. The van der Waals surface area contributed by atoms with E-state index in [2.05, 4.69) is 0 Å². The molecule has 7 heteroatoms. The molecule has 98 valence electrons. The molecule has 0 radical (unpaired) electrons. The number of rotatable bonds is 4. The molecular formula is C11H12F2N2O3. The Labute approximate surface area is 102 Å². The minimum atomic E-state index is -1.28. The van der Waals surface area contributed by atoms with Gasteiger partial charge in [-0.25, -0.2) is 8.78 Å². The first kappa shape index (κ1) is 14.0. The molecule has 0 aliphatic carbocycles. The predicted molar refractivity (Wildman–Crippen MR) is 60.0 cm³/mol. The third-order valence-corrected chi connectivity index (χ3v) is 2.31. The number of nitrogens with zero attached hydrogens (tertiary/aromatic N) is 1. The Morgan fingerprint density at radius 3 is 2.56 bits per heavy atom. The molecule has 1 rings (SSSR count). The van der Waals surface area contributed by atoms with Crippen LogP contribution >= 0.6 is 0 Å². The van der Waals surface area contributed by atoms with Crippen molar-refractivity contribution in [3.63, 3.8) is 0 Å². The van der Waals surface area contributed by atoms with Gasteiger partial charge >= 0.3 is 5.97 Å². The van der Waals surface area contributed by atoms with E-state index in [0.717, 1.165) is 17.0 Å². The quantitative estimate of drug-likeness (QED) is 0.833. The number of carboxylic acids is 1. The number of amides is 1. The van der Waals surface area contributed by atoms with Gasteiger partial charge in [0.15, 0.2) is 0 Å². The van der Waals surface area contributed by atoms with Crippen molar-refractivity contribution < 1.29 is 23.5 Å². The number of aliphatic carboxylic acids is 1. The lowest BCUT2D eigenvalue weighted by molar-refractivity contribution is -0.139. The number of likely N-dealkylation sites (N-methyl/N-ethyl adjacent to an activating group) is 1. The van der Waals surface area contributed by atoms with E-state index >= 15 is 0 Å². The Hall–Kier alpha value is -2.02. The van der Waals surface area contributed by atoms with Gasteiger partial charge in [0.05, 0.1) is 18.2 Å². The minimum absolute atomic E-state index is 0.165. The molecule has 5 nitrogen and oxygen atoms in total. The van der Waals surface area contributed by atoms with Crippen LogP contribution in [0.5, 0.6) is 0 Å². The summed E-state index contributed by atoms with van der Waals surface area (Å²) >= 11 is 0. The fourth-order valence-corrected chi connectivity index (χ4v) is 1.40. The molecule has 1 unspecified atom stereocenters. The van der Waals surface area contributed by atoms with Crippen LogP contribution in [-0.2, 0) is 9.59 Å². The van der Waals surface area contributed by atoms with Gasteiger partial charge in [-0.15, -0.1) is 0 Å². The van der Waals surface area contributed by atoms with E-state index in [9.17, 15) is 18.4 Å². The van der Waals surface area contributed by atoms with Crippen molar-refractivity contribution >= 4 is 17.6 Å². The first-order valence-electron chi connectivity index (χ1n) is 5.03. The number of carbonyl (C=O) groups is 2. The highest BCUT2D eigenvalue weighted by Crippen LogP contribution is 2.19. The summed E-state index contributed by atoms with van der Waals surface area (Å²) in [7, 11) is 1.24. The van der Waals surface area contributed by atoms with Gasteiger partial charge in [0.1, 0.15) is 11.6 Å². The monoisotopic (exact) mass is 258 g/mol. The smallest absolute Gasteiger partial charge is 0.305 e. The number of carbonyl (C=O) groups excluding carboxylic acids is 1. The van der Waals surface area contributed by atoms with Gasteiger partial charge in [0.25, 0.3) is 0 Å². The number of benzene rings is 1. The molecule has 1 aromatic rings. The Morgan fingerprint density at radius 2 is 2.06 bits per heavy atom. The van der Waals surface area contributed by atoms with Gasteiger partial charge in [-0.05, 0) is 12.1 Å². The van der Waals surface area contributed by atoms with E-state index in [1.54, 1.807) is 0 Å². The van der Waals surface area contributed by atoms with E-state index in [1.165, 1.54) is 7.05 Å². The molecule has 1 amide bonds. The van der Waals surface area contributed by atoms with Gasteiger partial charge in [0, 0.05) is 13.1 Å². The summed E-state index contributed by atoms with van der Waals surface area (Å²) in [5.74, 6) is -3.69. The molecule has 0 spiro atoms. The highest BCUT2D eigenvalue weighted by atomic mass is 19.1. The van der Waals surface area contributed by atoms with E-state index < -0.39 is 36.0 Å². The standard InChI is InChI=1S/C11H12F2N2O3/c1-15(11(18)8(14)5-10(16)17)9-3-2-6(12)4-7(9)13/h2-4,8H,5,14H2,1H3,(H,16,17). The van der Waals surface area contributed by atoms with Gasteiger partial charge in [-0.1, -0.05) is 0 Å². The summed E-state index contributed by atoms with van der Waals surface area (Å²) < 4.78 is 26.1. The van der Waals surface area contributed by atoms with Crippen molar-refractivity contribution in [2.24, 2.45) is 5.73 Å². The van der Waals surface area contributed by atoms with Crippen molar-refractivity contribution in [2.75, 3.05) is 11.9 Å². The molecule has 1 aromatic carbocycles. The summed E-state index contributed by atoms with van der Waals surface area (Å²) in [6.45, 7) is 0. The average molecular weight is 258 g/mol. The van der Waals surface area contributed by atoms with Crippen LogP contribution in [0.1, 0.15) is 6.42 Å². The minimum Gasteiger partial charge on any atom is -0.481 e. The SMILES string of the molecule is CN(C(=O)C(N)CC(=O)O)c1ccc(F)cc1F. The van der Waals surface area contributed by atoms with Crippen LogP contribution in [0.4, 0.5) is 14.5 Å². The Balaban J connectivity index is 2.89. The van der Waals surface area contributed by atoms with Crippen molar-refractivity contribution in [1.82, 2.24) is 0 Å². The lowest BCUT2D eigenvalue weighted by Crippen LogP contribution is -2.43. The molecule has 0 saturated carbocycles. The zero-order chi connectivity index (χ0) is 13.9. The number of hydrogen-bond donors (Lipinski definition) is 2. The molecule has 0 heterocycles. The van der Waals surface area contributed by atoms with E-state index in [0.29, 0.717) is 6.07 Å². The predicted octanol–water partition coefficient (Wildman–Crippen LogP) is 0.730. The van der Waals surface area contributed by atoms with Gasteiger partial charge in [0.2, 0.25) is 5.91 Å². The van der Waals surface area contributed by atoms with E-state index in [-0.39, 0.29) is 5.69 Å². The highest BCUT2D eigenvalue weighted by Gasteiger charge is 2.23. The lowest BCUT2D eigenvalue weighted by atomic mass is 10.2. The maximum Gasteiger partial charge on any atom is 0.305 e. The molecule has 0 fully saturated rings. The molecule has 0 saturated heterocycles. The molecule has 1 atom stereocenters. The normalized spacial score (nSPS) is 12.0. The Morgan fingerprint density at radius 1 is 1.44 bits per heavy atom. The van der Waals surface area contributed by atoms with Crippen molar-refractivity contribution in [1.29, 1.82) is 0 Å². The molecule has 3 N–H and O–H groups in total. The van der Waals surface area contributed by atoms with Crippen LogP contribution < -0.4 is 10.6 Å². The number of hydrogen-bond acceptors (Lipinski definition) is 3. The van der Waals surface area contributed by atoms with Gasteiger partial charge in [-0.2, -0.15) is 0 Å². The van der Waals surface area contributed by atoms with Crippen LogP contribution in [0.2, 0.25) is 0 Å². The third kappa shape index (κ3) is 3.24. The maximum atomic E-state index is 13.4. The van der Waals surface area contributed by atoms with Crippen LogP contribution in [0, 0.1) is 11.6 Å². The second kappa shape index (κ2) is 5.54. The van der Waals surface area contributed by atoms with Crippen LogP contribution in [0.3, 0.4) is 0 Å². The summed E-state index contributed by atoms with van der Waals surface area (Å²) in [6.07, 6.45) is -0.564. The van der Waals surface area contributed by atoms with Crippen LogP contribution in [0.25, 0.3) is 0 Å². The first-order chi connectivity index (χ1) is 8.32. The second-order valence-electron chi connectivity index (χ2n) is 3.70. The van der Waals surface area contributed by atoms with Gasteiger partial charge < -0.3 is 15.7 Å². The molecule has 0 aliphatic heterocycles. The summed E-state index contributed by atoms with van der Waals surface area (Å²) in [5, 5.41) is 8.50. The van der Waals surface area contributed by atoms with Crippen molar-refractivity contribution in [3.05, 3.63) is 29.8 Å². The van der Waals surface area contributed by atoms with E-state index in [4.69, 9.17) is 10.8 Å². The largest absolute Gasteiger partial charge is 0.481 e. The Kier molecular flexibility index (Phi) is 4.33. The molecule has 18 heavy (non-hydrogen) atoms. The van der Waals surface area contributed by atoms with Gasteiger partial charge in [-0.3, -0.25) is 9.59 Å². The molecule has 0 aromatic heterocycles. The summed E-state index contributed by atoms with van der Waals surface area (Å²) in [4.78, 5) is 23.0. The first-order valence-corrected chi connectivity index (χ1v) is 5.03. The zero-order valence-corrected chi connectivity index (χ0v) is 9.56.